The number of hydrogen-bond acceptors (Lipinski definition) is 6. The van der Waals surface area contributed by atoms with Gasteiger partial charge < -0.3 is 13.7 Å². The van der Waals surface area contributed by atoms with Gasteiger partial charge >= 0.3 is 5.97 Å². The molecule has 3 aromatic carbocycles. The third-order valence-electron chi connectivity index (χ3n) is 6.69. The standard InChI is InChI=1S/C31H25ClN4O4/c1-18(2)39-29(37)17-35-19(3)24(22-8-5-7-11-26(22)35)16-33-36-30(34-25-10-6-4-9-23(25)31(36)38)28-15-20-14-21(32)12-13-27(20)40-28/h4-16,18H,17H2,1-3H3. The predicted octanol–water partition coefficient (Wildman–Crippen LogP) is 6.56. The lowest BCUT2D eigenvalue weighted by Gasteiger charge is -2.11. The fourth-order valence-electron chi connectivity index (χ4n) is 4.88. The van der Waals surface area contributed by atoms with Gasteiger partial charge in [0.2, 0.25) is 5.82 Å². The van der Waals surface area contributed by atoms with Crippen LogP contribution in [-0.2, 0) is 16.1 Å². The number of benzene rings is 3. The van der Waals surface area contributed by atoms with Crippen LogP contribution in [-0.4, -0.2) is 32.5 Å². The monoisotopic (exact) mass is 552 g/mol. The van der Waals surface area contributed by atoms with Crippen molar-refractivity contribution in [1.29, 1.82) is 0 Å². The fourth-order valence-corrected chi connectivity index (χ4v) is 5.06. The Morgan fingerprint density at radius 1 is 1.07 bits per heavy atom. The molecule has 8 nitrogen and oxygen atoms in total. The number of hydrogen-bond donors (Lipinski definition) is 0. The van der Waals surface area contributed by atoms with Gasteiger partial charge in [0, 0.05) is 32.6 Å². The largest absolute Gasteiger partial charge is 0.462 e. The number of carbonyl (C=O) groups excluding carboxylic acids is 1. The summed E-state index contributed by atoms with van der Waals surface area (Å²) in [6.45, 7) is 5.61. The third-order valence-corrected chi connectivity index (χ3v) is 6.92. The van der Waals surface area contributed by atoms with Gasteiger partial charge in [-0.05, 0) is 63.2 Å². The second kappa shape index (κ2) is 10.1. The molecule has 40 heavy (non-hydrogen) atoms. The van der Waals surface area contributed by atoms with Crippen LogP contribution in [0.15, 0.2) is 87.1 Å². The van der Waals surface area contributed by atoms with Crippen molar-refractivity contribution < 1.29 is 13.9 Å². The smallest absolute Gasteiger partial charge is 0.326 e. The Hall–Kier alpha value is -4.69. The quantitative estimate of drug-likeness (QED) is 0.172. The van der Waals surface area contributed by atoms with Gasteiger partial charge in [0.05, 0.1) is 23.2 Å². The first-order chi connectivity index (χ1) is 19.3. The normalized spacial score (nSPS) is 11.9. The van der Waals surface area contributed by atoms with Crippen LogP contribution in [0, 0.1) is 6.92 Å². The van der Waals surface area contributed by atoms with Crippen LogP contribution in [0.25, 0.3) is 44.4 Å². The lowest BCUT2D eigenvalue weighted by molar-refractivity contribution is -0.148. The number of aromatic nitrogens is 3. The molecule has 6 rings (SSSR count). The first-order valence-corrected chi connectivity index (χ1v) is 13.2. The summed E-state index contributed by atoms with van der Waals surface area (Å²) in [5, 5.41) is 7.32. The summed E-state index contributed by atoms with van der Waals surface area (Å²) in [4.78, 5) is 31.0. The number of ether oxygens (including phenoxy) is 1. The minimum Gasteiger partial charge on any atom is -0.462 e. The van der Waals surface area contributed by atoms with Crippen molar-refractivity contribution in [2.75, 3.05) is 0 Å². The molecular weight excluding hydrogens is 528 g/mol. The number of para-hydroxylation sites is 2. The molecule has 0 N–H and O–H groups in total. The molecule has 0 aliphatic rings. The Morgan fingerprint density at radius 2 is 1.82 bits per heavy atom. The van der Waals surface area contributed by atoms with Crippen molar-refractivity contribution in [3.63, 3.8) is 0 Å². The number of fused-ring (bicyclic) bond motifs is 3. The van der Waals surface area contributed by atoms with Crippen LogP contribution in [0.4, 0.5) is 0 Å². The van der Waals surface area contributed by atoms with Crippen LogP contribution in [0.2, 0.25) is 5.02 Å². The molecule has 9 heteroatoms. The summed E-state index contributed by atoms with van der Waals surface area (Å²) in [6, 6.07) is 21.9. The zero-order valence-corrected chi connectivity index (χ0v) is 22.8. The van der Waals surface area contributed by atoms with Gasteiger partial charge in [0.25, 0.3) is 5.56 Å². The number of esters is 1. The van der Waals surface area contributed by atoms with Crippen molar-refractivity contribution in [3.8, 4) is 11.6 Å². The van der Waals surface area contributed by atoms with Crippen molar-refractivity contribution in [3.05, 3.63) is 99.4 Å². The maximum Gasteiger partial charge on any atom is 0.326 e. The number of furan rings is 1. The van der Waals surface area contributed by atoms with Crippen LogP contribution in [0.5, 0.6) is 0 Å². The lowest BCUT2D eigenvalue weighted by atomic mass is 10.1. The molecule has 200 valence electrons. The number of nitrogens with zero attached hydrogens (tertiary/aromatic N) is 4. The van der Waals surface area contributed by atoms with Gasteiger partial charge in [-0.1, -0.05) is 41.9 Å². The van der Waals surface area contributed by atoms with E-state index in [1.54, 1.807) is 48.7 Å². The molecule has 0 radical (unpaired) electrons. The lowest BCUT2D eigenvalue weighted by Crippen LogP contribution is -2.20. The Labute approximate surface area is 234 Å². The van der Waals surface area contributed by atoms with Crippen LogP contribution < -0.4 is 5.56 Å². The summed E-state index contributed by atoms with van der Waals surface area (Å²) in [6.07, 6.45) is 1.42. The van der Waals surface area contributed by atoms with E-state index in [2.05, 4.69) is 5.10 Å². The third kappa shape index (κ3) is 4.56. The van der Waals surface area contributed by atoms with Crippen LogP contribution >= 0.6 is 11.6 Å². The summed E-state index contributed by atoms with van der Waals surface area (Å²) in [5.74, 6) is 0.312. The van der Waals surface area contributed by atoms with Gasteiger partial charge in [-0.2, -0.15) is 9.78 Å². The van der Waals surface area contributed by atoms with Gasteiger partial charge in [-0.3, -0.25) is 9.59 Å². The van der Waals surface area contributed by atoms with Gasteiger partial charge in [0.1, 0.15) is 12.1 Å². The molecule has 0 bridgehead atoms. The average molecular weight is 553 g/mol. The summed E-state index contributed by atoms with van der Waals surface area (Å²) in [7, 11) is 0. The van der Waals surface area contributed by atoms with Gasteiger partial charge in [-0.15, -0.1) is 0 Å². The molecule has 0 amide bonds. The maximum atomic E-state index is 13.7. The van der Waals surface area contributed by atoms with E-state index in [0.29, 0.717) is 27.3 Å². The molecule has 3 heterocycles. The Bertz CT molecular complexity index is 2020. The van der Waals surface area contributed by atoms with E-state index in [-0.39, 0.29) is 30.0 Å². The number of rotatable bonds is 6. The highest BCUT2D eigenvalue weighted by atomic mass is 35.5. The Kier molecular flexibility index (Phi) is 6.48. The van der Waals surface area contributed by atoms with Crippen molar-refractivity contribution in [2.24, 2.45) is 5.10 Å². The molecule has 0 spiro atoms. The first kappa shape index (κ1) is 25.6. The summed E-state index contributed by atoms with van der Waals surface area (Å²) >= 11 is 6.18. The second-order valence-electron chi connectivity index (χ2n) is 9.75. The molecule has 6 aromatic rings. The van der Waals surface area contributed by atoms with E-state index in [1.807, 2.05) is 55.7 Å². The van der Waals surface area contributed by atoms with Crippen LogP contribution in [0.1, 0.15) is 25.1 Å². The van der Waals surface area contributed by atoms with Gasteiger partial charge in [0.15, 0.2) is 5.76 Å². The highest BCUT2D eigenvalue weighted by Gasteiger charge is 2.19. The molecule has 0 aliphatic carbocycles. The average Bonchev–Trinajstić information content (AvgIpc) is 3.46. The molecule has 0 saturated carbocycles. The Balaban J connectivity index is 1.52. The molecular formula is C31H25ClN4O4. The van der Waals surface area contributed by atoms with E-state index < -0.39 is 0 Å². The van der Waals surface area contributed by atoms with E-state index in [0.717, 1.165) is 27.5 Å². The zero-order chi connectivity index (χ0) is 28.0. The molecule has 0 aliphatic heterocycles. The Morgan fingerprint density at radius 3 is 2.62 bits per heavy atom. The maximum absolute atomic E-state index is 13.7. The topological polar surface area (TPSA) is 91.6 Å². The fraction of sp³-hybridized carbons (Fsp3) is 0.161. The number of halogens is 1. The predicted molar refractivity (Wildman–Crippen MR) is 157 cm³/mol. The minimum absolute atomic E-state index is 0.0582. The minimum atomic E-state index is -0.336. The molecule has 0 atom stereocenters. The number of carbonyl (C=O) groups is 1. The summed E-state index contributed by atoms with van der Waals surface area (Å²) in [5.41, 5.74) is 3.26. The van der Waals surface area contributed by atoms with E-state index in [4.69, 9.17) is 25.7 Å². The molecule has 3 aromatic heterocycles. The van der Waals surface area contributed by atoms with Crippen molar-refractivity contribution >= 4 is 56.6 Å². The highest BCUT2D eigenvalue weighted by molar-refractivity contribution is 6.31. The van der Waals surface area contributed by atoms with Crippen molar-refractivity contribution in [1.82, 2.24) is 14.2 Å². The summed E-state index contributed by atoms with van der Waals surface area (Å²) < 4.78 is 14.6. The second-order valence-corrected chi connectivity index (χ2v) is 10.2. The zero-order valence-electron chi connectivity index (χ0n) is 22.1. The van der Waals surface area contributed by atoms with E-state index in [9.17, 15) is 9.59 Å². The van der Waals surface area contributed by atoms with Crippen LogP contribution in [0.3, 0.4) is 0 Å². The first-order valence-electron chi connectivity index (χ1n) is 12.8. The molecule has 0 unspecified atom stereocenters. The molecule has 0 fully saturated rings. The highest BCUT2D eigenvalue weighted by Crippen LogP contribution is 2.30. The van der Waals surface area contributed by atoms with Gasteiger partial charge in [-0.25, -0.2) is 4.98 Å². The SMILES string of the molecule is Cc1c(C=Nn2c(-c3cc4cc(Cl)ccc4o3)nc3ccccc3c2=O)c2ccccc2n1CC(=O)OC(C)C. The van der Waals surface area contributed by atoms with Crippen molar-refractivity contribution in [2.45, 2.75) is 33.4 Å². The van der Waals surface area contributed by atoms with E-state index >= 15 is 0 Å². The molecule has 0 saturated heterocycles. The van der Waals surface area contributed by atoms with E-state index in [1.165, 1.54) is 4.68 Å².